The minimum atomic E-state index is -0.547. The summed E-state index contributed by atoms with van der Waals surface area (Å²) in [6.45, 7) is 4.40. The number of amides is 1. The molecule has 0 bridgehead atoms. The van der Waals surface area contributed by atoms with Crippen LogP contribution in [0, 0.1) is 10.1 Å². The molecule has 0 unspecified atom stereocenters. The highest BCUT2D eigenvalue weighted by Crippen LogP contribution is 2.28. The molecular weight excluding hydrogens is 354 g/mol. The van der Waals surface area contributed by atoms with Crippen LogP contribution in [0.1, 0.15) is 66.9 Å². The molecule has 2 aromatic carbocycles. The van der Waals surface area contributed by atoms with Crippen molar-refractivity contribution in [1.29, 1.82) is 0 Å². The summed E-state index contributed by atoms with van der Waals surface area (Å²) in [5.41, 5.74) is 2.09. The van der Waals surface area contributed by atoms with Gasteiger partial charge in [-0.3, -0.25) is 19.9 Å². The normalized spacial score (nSPS) is 12.1. The van der Waals surface area contributed by atoms with E-state index >= 15 is 0 Å². The highest BCUT2D eigenvalue weighted by molar-refractivity contribution is 6.02. The number of carbonyl (C=O) groups excluding carboxylic acids is 1. The van der Waals surface area contributed by atoms with Crippen LogP contribution in [-0.2, 0) is 0 Å². The van der Waals surface area contributed by atoms with Crippen molar-refractivity contribution in [3.05, 3.63) is 69.3 Å². The molecule has 6 heteroatoms. The molecule has 0 aliphatic heterocycles. The van der Waals surface area contributed by atoms with Crippen molar-refractivity contribution in [2.45, 2.75) is 45.4 Å². The van der Waals surface area contributed by atoms with Gasteiger partial charge in [0.2, 0.25) is 0 Å². The summed E-state index contributed by atoms with van der Waals surface area (Å²) in [6.07, 6.45) is 6.11. The van der Waals surface area contributed by atoms with E-state index in [2.05, 4.69) is 36.3 Å². The van der Waals surface area contributed by atoms with E-state index < -0.39 is 10.8 Å². The van der Waals surface area contributed by atoms with Gasteiger partial charge in [-0.15, -0.1) is 0 Å². The first-order valence-electron chi connectivity index (χ1n) is 9.65. The van der Waals surface area contributed by atoms with Crippen LogP contribution in [-0.4, -0.2) is 24.1 Å². The molecule has 148 valence electrons. The molecule has 0 aliphatic rings. The van der Waals surface area contributed by atoms with Crippen LogP contribution in [0.15, 0.2) is 47.5 Å². The zero-order valence-electron chi connectivity index (χ0n) is 16.6. The number of nitrogens with one attached hydrogen (secondary N) is 1. The Morgan fingerprint density at radius 2 is 1.93 bits per heavy atom. The maximum absolute atomic E-state index is 11.9. The van der Waals surface area contributed by atoms with Crippen molar-refractivity contribution in [2.75, 3.05) is 7.05 Å². The van der Waals surface area contributed by atoms with Crippen LogP contribution in [0.5, 0.6) is 0 Å². The standard InChI is InChI=1S/C22H27N3O3/c1-4-6-8-16(5-2)17-11-13-19(14-12-17)24-15-18-9-7-10-20(22(26)23-3)21(18)25(27)28/h7,9-16H,4-6,8H2,1-3H3,(H,23,26)/b24-15+/t16-/m0/s1. The fourth-order valence-corrected chi connectivity index (χ4v) is 3.22. The smallest absolute Gasteiger partial charge is 0.290 e. The third kappa shape index (κ3) is 5.25. The molecule has 0 heterocycles. The minimum absolute atomic E-state index is 0.0218. The van der Waals surface area contributed by atoms with Gasteiger partial charge in [-0.25, -0.2) is 0 Å². The van der Waals surface area contributed by atoms with Gasteiger partial charge in [-0.2, -0.15) is 0 Å². The molecule has 0 aromatic heterocycles. The van der Waals surface area contributed by atoms with E-state index in [0.717, 1.165) is 6.42 Å². The van der Waals surface area contributed by atoms with E-state index in [0.29, 0.717) is 17.2 Å². The lowest BCUT2D eigenvalue weighted by molar-refractivity contribution is -0.385. The molecule has 1 atom stereocenters. The second-order valence-electron chi connectivity index (χ2n) is 6.68. The van der Waals surface area contributed by atoms with Crippen molar-refractivity contribution >= 4 is 23.5 Å². The molecule has 0 fully saturated rings. The lowest BCUT2D eigenvalue weighted by Crippen LogP contribution is -2.19. The number of nitrogens with zero attached hydrogens (tertiary/aromatic N) is 2. The number of benzene rings is 2. The van der Waals surface area contributed by atoms with Crippen molar-refractivity contribution < 1.29 is 9.72 Å². The minimum Gasteiger partial charge on any atom is -0.355 e. The Morgan fingerprint density at radius 3 is 2.50 bits per heavy atom. The number of nitro groups is 1. The second kappa shape index (κ2) is 10.3. The van der Waals surface area contributed by atoms with Gasteiger partial charge in [0.15, 0.2) is 0 Å². The molecular formula is C22H27N3O3. The molecule has 0 radical (unpaired) electrons. The summed E-state index contributed by atoms with van der Waals surface area (Å²) in [5, 5.41) is 13.9. The van der Waals surface area contributed by atoms with Gasteiger partial charge < -0.3 is 5.32 Å². The number of carbonyl (C=O) groups is 1. The van der Waals surface area contributed by atoms with Gasteiger partial charge in [0.25, 0.3) is 11.6 Å². The molecule has 0 spiro atoms. The summed E-state index contributed by atoms with van der Waals surface area (Å²) >= 11 is 0. The number of para-hydroxylation sites is 1. The van der Waals surface area contributed by atoms with Crippen LogP contribution in [0.25, 0.3) is 0 Å². The molecule has 1 N–H and O–H groups in total. The van der Waals surface area contributed by atoms with E-state index in [1.807, 2.05) is 12.1 Å². The molecule has 0 saturated heterocycles. The Hall–Kier alpha value is -3.02. The number of nitro benzene ring substituents is 1. The predicted octanol–water partition coefficient (Wildman–Crippen LogP) is 5.39. The van der Waals surface area contributed by atoms with Crippen molar-refractivity contribution in [1.82, 2.24) is 5.32 Å². The zero-order valence-corrected chi connectivity index (χ0v) is 16.6. The monoisotopic (exact) mass is 381 g/mol. The Labute approximate surface area is 165 Å². The van der Waals surface area contributed by atoms with Crippen LogP contribution >= 0.6 is 0 Å². The number of unbranched alkanes of at least 4 members (excludes halogenated alkanes) is 1. The topological polar surface area (TPSA) is 84.6 Å². The SMILES string of the molecule is CCCC[C@H](CC)c1ccc(/N=C/c2cccc(C(=O)NC)c2[N+](=O)[O-])cc1. The molecule has 2 aromatic rings. The van der Waals surface area contributed by atoms with E-state index in [4.69, 9.17) is 0 Å². The van der Waals surface area contributed by atoms with Crippen LogP contribution < -0.4 is 5.32 Å². The van der Waals surface area contributed by atoms with Gasteiger partial charge in [0, 0.05) is 13.3 Å². The third-order valence-electron chi connectivity index (χ3n) is 4.84. The first-order chi connectivity index (χ1) is 13.5. The number of hydrogen-bond acceptors (Lipinski definition) is 4. The van der Waals surface area contributed by atoms with Gasteiger partial charge in [-0.1, -0.05) is 44.9 Å². The molecule has 28 heavy (non-hydrogen) atoms. The zero-order chi connectivity index (χ0) is 20.5. The Morgan fingerprint density at radius 1 is 1.21 bits per heavy atom. The van der Waals surface area contributed by atoms with E-state index in [1.165, 1.54) is 44.2 Å². The summed E-state index contributed by atoms with van der Waals surface area (Å²) in [7, 11) is 1.44. The van der Waals surface area contributed by atoms with Crippen LogP contribution in [0.3, 0.4) is 0 Å². The number of aliphatic imine (C=N–C) groups is 1. The average molecular weight is 381 g/mol. The molecule has 1 amide bonds. The van der Waals surface area contributed by atoms with Crippen LogP contribution in [0.4, 0.5) is 11.4 Å². The van der Waals surface area contributed by atoms with Gasteiger partial charge in [-0.05, 0) is 48.6 Å². The summed E-state index contributed by atoms with van der Waals surface area (Å²) in [5.74, 6) is 0.0484. The third-order valence-corrected chi connectivity index (χ3v) is 4.84. The fraction of sp³-hybridized carbons (Fsp3) is 0.364. The fourth-order valence-electron chi connectivity index (χ4n) is 3.22. The number of hydrogen-bond donors (Lipinski definition) is 1. The molecule has 0 saturated carbocycles. The maximum Gasteiger partial charge on any atom is 0.290 e. The number of rotatable bonds is 9. The Bertz CT molecular complexity index is 845. The highest BCUT2D eigenvalue weighted by Gasteiger charge is 2.22. The van der Waals surface area contributed by atoms with Crippen molar-refractivity contribution in [3.63, 3.8) is 0 Å². The molecule has 2 rings (SSSR count). The van der Waals surface area contributed by atoms with E-state index in [9.17, 15) is 14.9 Å². The summed E-state index contributed by atoms with van der Waals surface area (Å²) in [6, 6.07) is 12.6. The quantitative estimate of drug-likeness (QED) is 0.359. The Kier molecular flexibility index (Phi) is 7.87. The van der Waals surface area contributed by atoms with E-state index in [1.54, 1.807) is 12.1 Å². The average Bonchev–Trinajstić information content (AvgIpc) is 2.72. The van der Waals surface area contributed by atoms with Crippen molar-refractivity contribution in [2.24, 2.45) is 4.99 Å². The predicted molar refractivity (Wildman–Crippen MR) is 113 cm³/mol. The van der Waals surface area contributed by atoms with Crippen LogP contribution in [0.2, 0.25) is 0 Å². The maximum atomic E-state index is 11.9. The summed E-state index contributed by atoms with van der Waals surface area (Å²) in [4.78, 5) is 27.2. The molecule has 0 aliphatic carbocycles. The highest BCUT2D eigenvalue weighted by atomic mass is 16.6. The lowest BCUT2D eigenvalue weighted by Gasteiger charge is -2.14. The summed E-state index contributed by atoms with van der Waals surface area (Å²) < 4.78 is 0. The largest absolute Gasteiger partial charge is 0.355 e. The van der Waals surface area contributed by atoms with Gasteiger partial charge in [0.1, 0.15) is 5.56 Å². The van der Waals surface area contributed by atoms with Crippen molar-refractivity contribution in [3.8, 4) is 0 Å². The molecule has 6 nitrogen and oxygen atoms in total. The van der Waals surface area contributed by atoms with Gasteiger partial charge in [0.05, 0.1) is 16.2 Å². The Balaban J connectivity index is 2.26. The lowest BCUT2D eigenvalue weighted by atomic mass is 9.91. The van der Waals surface area contributed by atoms with Gasteiger partial charge >= 0.3 is 0 Å². The first-order valence-corrected chi connectivity index (χ1v) is 9.65. The first kappa shape index (κ1) is 21.3. The second-order valence-corrected chi connectivity index (χ2v) is 6.68. The van der Waals surface area contributed by atoms with E-state index in [-0.39, 0.29) is 11.3 Å².